The van der Waals surface area contributed by atoms with Crippen LogP contribution in [-0.4, -0.2) is 29.2 Å². The Kier molecular flexibility index (Phi) is 4.31. The minimum Gasteiger partial charge on any atom is -0.477 e. The van der Waals surface area contributed by atoms with E-state index in [-0.39, 0.29) is 0 Å². The average Bonchev–Trinajstić information content (AvgIpc) is 3.13. The van der Waals surface area contributed by atoms with Gasteiger partial charge in [-0.1, -0.05) is 6.92 Å². The molecule has 0 aromatic carbocycles. The van der Waals surface area contributed by atoms with Crippen LogP contribution in [0.25, 0.3) is 0 Å². The summed E-state index contributed by atoms with van der Waals surface area (Å²) in [5, 5.41) is 3.54. The maximum absolute atomic E-state index is 5.37. The second-order valence-electron chi connectivity index (χ2n) is 4.49. The number of likely N-dealkylation sites (N-methyl/N-ethyl adjacent to an activating group) is 1. The Morgan fingerprint density at radius 1 is 1.41 bits per heavy atom. The predicted molar refractivity (Wildman–Crippen MR) is 67.1 cm³/mol. The minimum atomic E-state index is 0.547. The molecule has 2 rings (SSSR count). The summed E-state index contributed by atoms with van der Waals surface area (Å²) >= 11 is 0. The van der Waals surface area contributed by atoms with Crippen LogP contribution >= 0.6 is 0 Å². The van der Waals surface area contributed by atoms with Crippen molar-refractivity contribution in [3.05, 3.63) is 18.1 Å². The molecule has 1 aromatic rings. The fourth-order valence-corrected chi connectivity index (χ4v) is 2.09. The number of nitrogens with zero attached hydrogens (tertiary/aromatic N) is 2. The van der Waals surface area contributed by atoms with Gasteiger partial charge in [0.05, 0.1) is 18.5 Å². The van der Waals surface area contributed by atoms with E-state index in [4.69, 9.17) is 4.74 Å². The van der Waals surface area contributed by atoms with Gasteiger partial charge in [0.1, 0.15) is 0 Å². The third kappa shape index (κ3) is 3.66. The van der Waals surface area contributed by atoms with E-state index >= 15 is 0 Å². The lowest BCUT2D eigenvalue weighted by Crippen LogP contribution is -2.33. The van der Waals surface area contributed by atoms with Crippen molar-refractivity contribution >= 4 is 0 Å². The zero-order valence-electron chi connectivity index (χ0n) is 10.6. The van der Waals surface area contributed by atoms with Gasteiger partial charge in [-0.3, -0.25) is 4.98 Å². The highest BCUT2D eigenvalue weighted by Crippen LogP contribution is 2.33. The van der Waals surface area contributed by atoms with Crippen molar-refractivity contribution in [3.8, 4) is 5.88 Å². The van der Waals surface area contributed by atoms with Crippen LogP contribution in [0.4, 0.5) is 0 Å². The van der Waals surface area contributed by atoms with Crippen molar-refractivity contribution in [1.82, 2.24) is 15.3 Å². The Balaban J connectivity index is 1.97. The number of nitrogens with one attached hydrogen (secondary N) is 1. The van der Waals surface area contributed by atoms with E-state index in [1.165, 1.54) is 12.8 Å². The molecule has 1 aliphatic carbocycles. The second-order valence-corrected chi connectivity index (χ2v) is 4.49. The predicted octanol–water partition coefficient (Wildman–Crippen LogP) is 1.81. The van der Waals surface area contributed by atoms with E-state index in [1.54, 1.807) is 6.20 Å². The van der Waals surface area contributed by atoms with Gasteiger partial charge in [0, 0.05) is 18.7 Å². The molecule has 0 bridgehead atoms. The third-order valence-corrected chi connectivity index (χ3v) is 3.04. The molecule has 1 fully saturated rings. The topological polar surface area (TPSA) is 47.0 Å². The minimum absolute atomic E-state index is 0.547. The molecule has 1 N–H and O–H groups in total. The summed E-state index contributed by atoms with van der Waals surface area (Å²) in [6.45, 7) is 5.76. The van der Waals surface area contributed by atoms with Gasteiger partial charge >= 0.3 is 0 Å². The highest BCUT2D eigenvalue weighted by atomic mass is 16.5. The molecule has 0 spiro atoms. The zero-order valence-corrected chi connectivity index (χ0v) is 10.6. The van der Waals surface area contributed by atoms with Crippen molar-refractivity contribution in [2.24, 2.45) is 5.92 Å². The van der Waals surface area contributed by atoms with E-state index in [0.29, 0.717) is 18.5 Å². The van der Waals surface area contributed by atoms with Crippen LogP contribution in [-0.2, 0) is 6.42 Å². The fourth-order valence-electron chi connectivity index (χ4n) is 2.09. The Hall–Kier alpha value is -1.16. The first kappa shape index (κ1) is 12.3. The standard InChI is InChI=1S/C13H21N3O/c1-3-15-12(10-5-6-10)7-11-8-14-9-13(16-11)17-4-2/h8-10,12,15H,3-7H2,1-2H3. The Bertz CT molecular complexity index is 352. The summed E-state index contributed by atoms with van der Waals surface area (Å²) in [5.74, 6) is 1.46. The fraction of sp³-hybridized carbons (Fsp3) is 0.692. The molecule has 4 heteroatoms. The van der Waals surface area contributed by atoms with Crippen molar-refractivity contribution in [2.75, 3.05) is 13.2 Å². The number of aromatic nitrogens is 2. The van der Waals surface area contributed by atoms with Crippen molar-refractivity contribution in [3.63, 3.8) is 0 Å². The van der Waals surface area contributed by atoms with Crippen molar-refractivity contribution in [1.29, 1.82) is 0 Å². The van der Waals surface area contributed by atoms with Gasteiger partial charge < -0.3 is 10.1 Å². The molecule has 1 aromatic heterocycles. The van der Waals surface area contributed by atoms with Crippen LogP contribution in [0.5, 0.6) is 5.88 Å². The summed E-state index contributed by atoms with van der Waals surface area (Å²) < 4.78 is 5.37. The van der Waals surface area contributed by atoms with Gasteiger partial charge in [-0.15, -0.1) is 0 Å². The quantitative estimate of drug-likeness (QED) is 0.783. The number of ether oxygens (including phenoxy) is 1. The molecule has 0 aliphatic heterocycles. The maximum atomic E-state index is 5.37. The molecule has 1 saturated carbocycles. The summed E-state index contributed by atoms with van der Waals surface area (Å²) in [6.07, 6.45) is 7.15. The lowest BCUT2D eigenvalue weighted by molar-refractivity contribution is 0.323. The van der Waals surface area contributed by atoms with Crippen LogP contribution < -0.4 is 10.1 Å². The van der Waals surface area contributed by atoms with Gasteiger partial charge in [0.2, 0.25) is 5.88 Å². The molecule has 0 saturated heterocycles. The van der Waals surface area contributed by atoms with Gasteiger partial charge in [-0.05, 0) is 32.2 Å². The largest absolute Gasteiger partial charge is 0.477 e. The van der Waals surface area contributed by atoms with E-state index in [0.717, 1.165) is 24.6 Å². The van der Waals surface area contributed by atoms with E-state index in [9.17, 15) is 0 Å². The first-order valence-corrected chi connectivity index (χ1v) is 6.50. The van der Waals surface area contributed by atoms with Crippen LogP contribution in [0.2, 0.25) is 0 Å². The number of hydrogen-bond donors (Lipinski definition) is 1. The lowest BCUT2D eigenvalue weighted by atomic mass is 10.1. The molecule has 4 nitrogen and oxygen atoms in total. The van der Waals surface area contributed by atoms with Crippen molar-refractivity contribution < 1.29 is 4.74 Å². The van der Waals surface area contributed by atoms with E-state index in [2.05, 4.69) is 22.2 Å². The SMILES string of the molecule is CCNC(Cc1cncc(OCC)n1)C1CC1. The average molecular weight is 235 g/mol. The zero-order chi connectivity index (χ0) is 12.1. The first-order chi connectivity index (χ1) is 8.33. The summed E-state index contributed by atoms with van der Waals surface area (Å²) in [6, 6.07) is 0.547. The summed E-state index contributed by atoms with van der Waals surface area (Å²) in [7, 11) is 0. The van der Waals surface area contributed by atoms with Gasteiger partial charge in [-0.25, -0.2) is 4.98 Å². The van der Waals surface area contributed by atoms with Crippen LogP contribution in [0.1, 0.15) is 32.4 Å². The van der Waals surface area contributed by atoms with Gasteiger partial charge in [0.25, 0.3) is 0 Å². The first-order valence-electron chi connectivity index (χ1n) is 6.50. The van der Waals surface area contributed by atoms with Gasteiger partial charge in [0.15, 0.2) is 0 Å². The normalized spacial score (nSPS) is 16.8. The number of rotatable bonds is 7. The van der Waals surface area contributed by atoms with E-state index < -0.39 is 0 Å². The highest BCUT2D eigenvalue weighted by Gasteiger charge is 2.30. The lowest BCUT2D eigenvalue weighted by Gasteiger charge is -2.16. The third-order valence-electron chi connectivity index (χ3n) is 3.04. The monoisotopic (exact) mass is 235 g/mol. The Labute approximate surface area is 103 Å². The number of hydrogen-bond acceptors (Lipinski definition) is 4. The molecule has 17 heavy (non-hydrogen) atoms. The molecular formula is C13H21N3O. The van der Waals surface area contributed by atoms with Gasteiger partial charge in [-0.2, -0.15) is 0 Å². The molecule has 0 radical (unpaired) electrons. The molecule has 1 heterocycles. The maximum Gasteiger partial charge on any atom is 0.232 e. The molecule has 1 atom stereocenters. The molecule has 1 unspecified atom stereocenters. The second kappa shape index (κ2) is 5.96. The molecule has 1 aliphatic rings. The Morgan fingerprint density at radius 3 is 2.88 bits per heavy atom. The summed E-state index contributed by atoms with van der Waals surface area (Å²) in [5.41, 5.74) is 1.02. The van der Waals surface area contributed by atoms with Crippen LogP contribution in [0.15, 0.2) is 12.4 Å². The smallest absolute Gasteiger partial charge is 0.232 e. The van der Waals surface area contributed by atoms with Crippen molar-refractivity contribution in [2.45, 2.75) is 39.2 Å². The Morgan fingerprint density at radius 2 is 2.24 bits per heavy atom. The molecule has 94 valence electrons. The van der Waals surface area contributed by atoms with Crippen LogP contribution in [0, 0.1) is 5.92 Å². The van der Waals surface area contributed by atoms with Crippen LogP contribution in [0.3, 0.4) is 0 Å². The molecular weight excluding hydrogens is 214 g/mol. The highest BCUT2D eigenvalue weighted by molar-refractivity contribution is 5.10. The molecule has 0 amide bonds. The summed E-state index contributed by atoms with van der Waals surface area (Å²) in [4.78, 5) is 8.65. The van der Waals surface area contributed by atoms with E-state index in [1.807, 2.05) is 13.1 Å².